The van der Waals surface area contributed by atoms with Gasteiger partial charge in [-0.05, 0) is 0 Å². The molecule has 5 nitrogen and oxygen atoms in total. The van der Waals surface area contributed by atoms with Crippen molar-refractivity contribution < 1.29 is 18.2 Å². The van der Waals surface area contributed by atoms with Crippen LogP contribution in [-0.2, 0) is 4.79 Å². The van der Waals surface area contributed by atoms with Crippen molar-refractivity contribution >= 4 is 18.3 Å². The number of hydrogen-bond donors (Lipinski definition) is 1. The Morgan fingerprint density at radius 1 is 1.92 bits per heavy atom. The van der Waals surface area contributed by atoms with Crippen molar-refractivity contribution in [3.63, 3.8) is 0 Å². The topological polar surface area (TPSA) is 67.7 Å². The first-order valence-corrected chi connectivity index (χ1v) is 3.59. The maximum Gasteiger partial charge on any atom is 0.325 e. The summed E-state index contributed by atoms with van der Waals surface area (Å²) in [4.78, 5) is 13.5. The number of rotatable bonds is 3. The number of aliphatic carboxylic acids is 1. The molecule has 0 spiro atoms. The molecule has 0 unspecified atom stereocenters. The first kappa shape index (κ1) is 8.85. The summed E-state index contributed by atoms with van der Waals surface area (Å²) in [5.41, 5.74) is -0.0649. The van der Waals surface area contributed by atoms with E-state index in [0.717, 1.165) is 3.97 Å². The normalized spacial score (nSPS) is 11.9. The molecule has 1 aromatic heterocycles. The minimum Gasteiger partial charge on any atom is -0.480 e. The SMILES string of the molecule is O=C(O)CN=c1occn1SF. The van der Waals surface area contributed by atoms with Crippen LogP contribution in [0.5, 0.6) is 0 Å². The van der Waals surface area contributed by atoms with Crippen LogP contribution in [0.2, 0.25) is 0 Å². The molecule has 7 heteroatoms. The summed E-state index contributed by atoms with van der Waals surface area (Å²) in [6.45, 7) is -0.436. The summed E-state index contributed by atoms with van der Waals surface area (Å²) in [6, 6.07) is 0. The van der Waals surface area contributed by atoms with E-state index in [0.29, 0.717) is 0 Å². The quantitative estimate of drug-likeness (QED) is 0.754. The van der Waals surface area contributed by atoms with Crippen LogP contribution >= 0.6 is 12.3 Å². The molecule has 0 fully saturated rings. The Morgan fingerprint density at radius 2 is 2.67 bits per heavy atom. The molecule has 0 amide bonds. The van der Waals surface area contributed by atoms with E-state index in [1.165, 1.54) is 12.5 Å². The minimum absolute atomic E-state index is 0.0649. The molecule has 0 saturated heterocycles. The van der Waals surface area contributed by atoms with Gasteiger partial charge in [-0.15, -0.1) is 3.89 Å². The predicted molar refractivity (Wildman–Crippen MR) is 38.9 cm³/mol. The molecule has 0 radical (unpaired) electrons. The molecule has 1 heterocycles. The number of carboxylic acids is 1. The summed E-state index contributed by atoms with van der Waals surface area (Å²) in [5, 5.41) is 8.23. The van der Waals surface area contributed by atoms with Gasteiger partial charge in [-0.1, -0.05) is 0 Å². The number of carboxylic acid groups (broad SMARTS) is 1. The number of halogens is 1. The van der Waals surface area contributed by atoms with Crippen molar-refractivity contribution in [2.45, 2.75) is 0 Å². The fraction of sp³-hybridized carbons (Fsp3) is 0.200. The van der Waals surface area contributed by atoms with Gasteiger partial charge in [0.05, 0.1) is 6.20 Å². The maximum absolute atomic E-state index is 12.0. The molecule has 0 aliphatic carbocycles. The molecule has 1 rings (SSSR count). The van der Waals surface area contributed by atoms with Gasteiger partial charge >= 0.3 is 11.7 Å². The van der Waals surface area contributed by atoms with Gasteiger partial charge in [-0.2, -0.15) is 0 Å². The zero-order valence-electron chi connectivity index (χ0n) is 5.81. The Hall–Kier alpha value is -1.24. The van der Waals surface area contributed by atoms with E-state index in [4.69, 9.17) is 5.11 Å². The molecular formula is C5H5FN2O3S. The van der Waals surface area contributed by atoms with Gasteiger partial charge in [0.1, 0.15) is 12.8 Å². The third-order valence-corrected chi connectivity index (χ3v) is 1.41. The predicted octanol–water partition coefficient (Wildman–Crippen LogP) is 0.447. The second kappa shape index (κ2) is 3.96. The molecular weight excluding hydrogens is 187 g/mol. The Bertz CT molecular complexity index is 331. The standard InChI is InChI=1S/C5H5FN2O3S/c6-12-8-1-2-11-5(8)7-3-4(9)10/h1-2H,3H2,(H,9,10). The van der Waals surface area contributed by atoms with Crippen molar-refractivity contribution in [3.8, 4) is 0 Å². The second-order valence-electron chi connectivity index (χ2n) is 1.79. The Morgan fingerprint density at radius 3 is 3.25 bits per heavy atom. The first-order chi connectivity index (χ1) is 5.74. The highest BCUT2D eigenvalue weighted by Crippen LogP contribution is 2.00. The van der Waals surface area contributed by atoms with Gasteiger partial charge < -0.3 is 9.52 Å². The molecule has 0 aromatic carbocycles. The number of carbonyl (C=O) groups is 1. The van der Waals surface area contributed by atoms with E-state index in [2.05, 4.69) is 9.41 Å². The van der Waals surface area contributed by atoms with Crippen LogP contribution in [0.1, 0.15) is 0 Å². The Balaban J connectivity index is 2.85. The Labute approximate surface area is 71.0 Å². The van der Waals surface area contributed by atoms with E-state index < -0.39 is 12.5 Å². The van der Waals surface area contributed by atoms with Crippen molar-refractivity contribution in [3.05, 3.63) is 18.1 Å². The zero-order valence-corrected chi connectivity index (χ0v) is 6.62. The van der Waals surface area contributed by atoms with Gasteiger partial charge in [-0.25, -0.2) is 8.96 Å². The second-order valence-corrected chi connectivity index (χ2v) is 2.32. The molecule has 0 atom stereocenters. The maximum atomic E-state index is 12.0. The smallest absolute Gasteiger partial charge is 0.325 e. The lowest BCUT2D eigenvalue weighted by atomic mass is 10.7. The molecule has 0 aliphatic heterocycles. The number of oxazole rings is 1. The van der Waals surface area contributed by atoms with Crippen LogP contribution in [0.4, 0.5) is 3.89 Å². The molecule has 0 bridgehead atoms. The van der Waals surface area contributed by atoms with Gasteiger partial charge in [0.2, 0.25) is 0 Å². The Kier molecular flexibility index (Phi) is 2.92. The van der Waals surface area contributed by atoms with Crippen molar-refractivity contribution in [1.29, 1.82) is 0 Å². The largest absolute Gasteiger partial charge is 0.480 e. The van der Waals surface area contributed by atoms with Crippen LogP contribution in [0.25, 0.3) is 0 Å². The van der Waals surface area contributed by atoms with Gasteiger partial charge in [0, 0.05) is 0 Å². The third kappa shape index (κ3) is 2.12. The van der Waals surface area contributed by atoms with Crippen molar-refractivity contribution in [1.82, 2.24) is 3.97 Å². The zero-order chi connectivity index (χ0) is 8.97. The third-order valence-electron chi connectivity index (χ3n) is 0.982. The van der Waals surface area contributed by atoms with Gasteiger partial charge in [0.25, 0.3) is 0 Å². The van der Waals surface area contributed by atoms with Crippen LogP contribution in [0, 0.1) is 0 Å². The summed E-state index contributed by atoms with van der Waals surface area (Å²) in [7, 11) is 0. The summed E-state index contributed by atoms with van der Waals surface area (Å²) in [5.74, 6) is -1.10. The van der Waals surface area contributed by atoms with E-state index in [-0.39, 0.29) is 18.0 Å². The van der Waals surface area contributed by atoms with Crippen LogP contribution in [0.3, 0.4) is 0 Å². The molecule has 0 saturated carbocycles. The number of nitrogens with zero attached hydrogens (tertiary/aromatic N) is 2. The highest BCUT2D eigenvalue weighted by molar-refractivity contribution is 7.92. The van der Waals surface area contributed by atoms with E-state index in [9.17, 15) is 8.68 Å². The fourth-order valence-electron chi connectivity index (χ4n) is 0.557. The van der Waals surface area contributed by atoms with Crippen LogP contribution in [0.15, 0.2) is 21.9 Å². The fourth-order valence-corrected chi connectivity index (χ4v) is 0.813. The summed E-state index contributed by atoms with van der Waals surface area (Å²) < 4.78 is 17.6. The van der Waals surface area contributed by atoms with Crippen LogP contribution in [-0.4, -0.2) is 21.6 Å². The molecule has 0 aliphatic rings. The van der Waals surface area contributed by atoms with E-state index in [1.807, 2.05) is 0 Å². The van der Waals surface area contributed by atoms with Crippen molar-refractivity contribution in [2.24, 2.45) is 4.99 Å². The van der Waals surface area contributed by atoms with E-state index >= 15 is 0 Å². The molecule has 1 N–H and O–H groups in total. The number of hydrogen-bond acceptors (Lipinski definition) is 4. The van der Waals surface area contributed by atoms with E-state index in [1.54, 1.807) is 0 Å². The lowest BCUT2D eigenvalue weighted by Gasteiger charge is -1.87. The summed E-state index contributed by atoms with van der Waals surface area (Å²) in [6.07, 6.45) is 2.51. The molecule has 1 aromatic rings. The monoisotopic (exact) mass is 192 g/mol. The van der Waals surface area contributed by atoms with Crippen LogP contribution < -0.4 is 5.68 Å². The summed E-state index contributed by atoms with van der Waals surface area (Å²) >= 11 is -0.110. The highest BCUT2D eigenvalue weighted by Gasteiger charge is 1.98. The average molecular weight is 192 g/mol. The van der Waals surface area contributed by atoms with Gasteiger partial charge in [0.15, 0.2) is 12.3 Å². The first-order valence-electron chi connectivity index (χ1n) is 2.91. The molecule has 12 heavy (non-hydrogen) atoms. The highest BCUT2D eigenvalue weighted by atomic mass is 32.2. The average Bonchev–Trinajstić information content (AvgIpc) is 2.47. The minimum atomic E-state index is -1.10. The van der Waals surface area contributed by atoms with Gasteiger partial charge in [-0.3, -0.25) is 4.79 Å². The number of aromatic nitrogens is 1. The lowest BCUT2D eigenvalue weighted by Crippen LogP contribution is -2.12. The lowest BCUT2D eigenvalue weighted by molar-refractivity contribution is -0.135. The van der Waals surface area contributed by atoms with Crippen molar-refractivity contribution in [2.75, 3.05) is 6.54 Å². The molecule has 66 valence electrons.